The van der Waals surface area contributed by atoms with Gasteiger partial charge >= 0.3 is 0 Å². The smallest absolute Gasteiger partial charge is 0.233 e. The molecule has 0 spiro atoms. The predicted molar refractivity (Wildman–Crippen MR) is 118 cm³/mol. The lowest BCUT2D eigenvalue weighted by Gasteiger charge is -2.15. The van der Waals surface area contributed by atoms with Gasteiger partial charge in [0.25, 0.3) is 0 Å². The maximum Gasteiger partial charge on any atom is 0.233 e. The van der Waals surface area contributed by atoms with E-state index in [4.69, 9.17) is 9.72 Å². The van der Waals surface area contributed by atoms with Gasteiger partial charge in [-0.3, -0.25) is 8.97 Å². The number of aromatic nitrogens is 5. The summed E-state index contributed by atoms with van der Waals surface area (Å²) < 4.78 is 9.71. The van der Waals surface area contributed by atoms with Crippen molar-refractivity contribution in [3.8, 4) is 22.7 Å². The second-order valence-corrected chi connectivity index (χ2v) is 7.59. The summed E-state index contributed by atoms with van der Waals surface area (Å²) in [4.78, 5) is 13.6. The van der Waals surface area contributed by atoms with Crippen molar-refractivity contribution < 1.29 is 4.74 Å². The van der Waals surface area contributed by atoms with Crippen LogP contribution in [0.3, 0.4) is 0 Å². The highest BCUT2D eigenvalue weighted by molar-refractivity contribution is 7.98. The molecule has 3 aromatic heterocycles. The lowest BCUT2D eigenvalue weighted by atomic mass is 10.1. The van der Waals surface area contributed by atoms with Gasteiger partial charge in [0.15, 0.2) is 5.16 Å². The minimum Gasteiger partial charge on any atom is -0.495 e. The first-order valence-electron chi connectivity index (χ1n) is 9.51. The molecule has 2 aromatic carbocycles. The summed E-state index contributed by atoms with van der Waals surface area (Å²) >= 11 is 1.64. The van der Waals surface area contributed by atoms with Gasteiger partial charge in [0, 0.05) is 29.9 Å². The SMILES string of the molecule is COc1ccccc1-n1c(-c2ccccc2)cnc1SCc1cn2cccnc2n1. The number of benzene rings is 2. The van der Waals surface area contributed by atoms with Gasteiger partial charge in [-0.2, -0.15) is 0 Å². The van der Waals surface area contributed by atoms with Crippen LogP contribution in [0.2, 0.25) is 0 Å². The van der Waals surface area contributed by atoms with Crippen LogP contribution in [0.1, 0.15) is 5.69 Å². The minimum atomic E-state index is 0.684. The second kappa shape index (κ2) is 8.04. The standard InChI is InChI=1S/C23H19N5OS/c1-29-21-11-6-5-10-19(21)28-20(17-8-3-2-4-9-17)14-25-23(28)30-16-18-15-27-13-7-12-24-22(27)26-18/h2-15H,16H2,1H3. The predicted octanol–water partition coefficient (Wildman–Crippen LogP) is 4.88. The Balaban J connectivity index is 1.55. The first-order chi connectivity index (χ1) is 14.8. The van der Waals surface area contributed by atoms with Crippen LogP contribution < -0.4 is 4.74 Å². The van der Waals surface area contributed by atoms with Crippen LogP contribution in [0, 0.1) is 0 Å². The molecule has 0 bridgehead atoms. The van der Waals surface area contributed by atoms with Gasteiger partial charge in [-0.1, -0.05) is 54.2 Å². The normalized spacial score (nSPS) is 11.1. The fourth-order valence-corrected chi connectivity index (χ4v) is 4.25. The molecule has 30 heavy (non-hydrogen) atoms. The van der Waals surface area contributed by atoms with Crippen LogP contribution in [0.4, 0.5) is 0 Å². The molecular weight excluding hydrogens is 394 g/mol. The van der Waals surface area contributed by atoms with E-state index in [9.17, 15) is 0 Å². The number of para-hydroxylation sites is 2. The molecule has 5 aromatic rings. The van der Waals surface area contributed by atoms with Crippen molar-refractivity contribution in [2.24, 2.45) is 0 Å². The van der Waals surface area contributed by atoms with Gasteiger partial charge < -0.3 is 4.74 Å². The van der Waals surface area contributed by atoms with Gasteiger partial charge in [0.05, 0.1) is 30.4 Å². The number of rotatable bonds is 6. The van der Waals surface area contributed by atoms with Crippen LogP contribution in [0.5, 0.6) is 5.75 Å². The van der Waals surface area contributed by atoms with E-state index < -0.39 is 0 Å². The molecule has 0 radical (unpaired) electrons. The topological polar surface area (TPSA) is 57.2 Å². The van der Waals surface area contributed by atoms with Gasteiger partial charge in [0.1, 0.15) is 5.75 Å². The third-order valence-electron chi connectivity index (χ3n) is 4.76. The quantitative estimate of drug-likeness (QED) is 0.371. The van der Waals surface area contributed by atoms with Gasteiger partial charge in [0.2, 0.25) is 5.78 Å². The van der Waals surface area contributed by atoms with Crippen molar-refractivity contribution in [3.05, 3.63) is 91.1 Å². The fraction of sp³-hybridized carbons (Fsp3) is 0.0870. The third kappa shape index (κ3) is 3.44. The summed E-state index contributed by atoms with van der Waals surface area (Å²) in [6, 6.07) is 20.1. The summed E-state index contributed by atoms with van der Waals surface area (Å²) in [5.74, 6) is 2.18. The summed E-state index contributed by atoms with van der Waals surface area (Å²) in [5.41, 5.74) is 4.02. The highest BCUT2D eigenvalue weighted by Crippen LogP contribution is 2.34. The van der Waals surface area contributed by atoms with E-state index in [1.54, 1.807) is 25.1 Å². The molecule has 0 aliphatic carbocycles. The molecule has 0 saturated carbocycles. The minimum absolute atomic E-state index is 0.684. The zero-order valence-electron chi connectivity index (χ0n) is 16.3. The summed E-state index contributed by atoms with van der Waals surface area (Å²) in [6.07, 6.45) is 7.62. The molecule has 0 atom stereocenters. The number of methoxy groups -OCH3 is 1. The van der Waals surface area contributed by atoms with E-state index in [0.29, 0.717) is 11.5 Å². The average Bonchev–Trinajstić information content (AvgIpc) is 3.42. The molecule has 0 saturated heterocycles. The van der Waals surface area contributed by atoms with E-state index in [0.717, 1.165) is 33.5 Å². The number of imidazole rings is 2. The molecule has 7 heteroatoms. The lowest BCUT2D eigenvalue weighted by Crippen LogP contribution is -2.02. The number of hydrogen-bond acceptors (Lipinski definition) is 5. The Morgan fingerprint density at radius 1 is 0.967 bits per heavy atom. The Hall–Kier alpha value is -3.58. The first kappa shape index (κ1) is 18.4. The maximum atomic E-state index is 5.64. The largest absolute Gasteiger partial charge is 0.495 e. The van der Waals surface area contributed by atoms with E-state index in [1.165, 1.54) is 0 Å². The van der Waals surface area contributed by atoms with Crippen molar-refractivity contribution in [2.75, 3.05) is 7.11 Å². The Bertz CT molecular complexity index is 1260. The molecule has 5 rings (SSSR count). The molecular formula is C23H19N5OS. The number of thioether (sulfide) groups is 1. The van der Waals surface area contributed by atoms with Crippen LogP contribution >= 0.6 is 11.8 Å². The Labute approximate surface area is 178 Å². The molecule has 0 unspecified atom stereocenters. The number of ether oxygens (including phenoxy) is 1. The van der Waals surface area contributed by atoms with Crippen molar-refractivity contribution >= 4 is 17.5 Å². The molecule has 0 N–H and O–H groups in total. The first-order valence-corrected chi connectivity index (χ1v) is 10.5. The van der Waals surface area contributed by atoms with Crippen LogP contribution in [-0.2, 0) is 5.75 Å². The molecule has 0 fully saturated rings. The van der Waals surface area contributed by atoms with Gasteiger partial charge in [-0.25, -0.2) is 15.0 Å². The van der Waals surface area contributed by atoms with Crippen molar-refractivity contribution in [1.82, 2.24) is 23.9 Å². The molecule has 0 aliphatic heterocycles. The Morgan fingerprint density at radius 2 is 1.80 bits per heavy atom. The third-order valence-corrected chi connectivity index (χ3v) is 5.75. The molecule has 148 valence electrons. The maximum absolute atomic E-state index is 5.64. The number of fused-ring (bicyclic) bond motifs is 1. The Morgan fingerprint density at radius 3 is 2.63 bits per heavy atom. The highest BCUT2D eigenvalue weighted by Gasteiger charge is 2.17. The van der Waals surface area contributed by atoms with Crippen LogP contribution in [0.15, 0.2) is 90.6 Å². The van der Waals surface area contributed by atoms with Crippen LogP contribution in [-0.4, -0.2) is 31.0 Å². The molecule has 0 aliphatic rings. The van der Waals surface area contributed by atoms with Crippen molar-refractivity contribution in [3.63, 3.8) is 0 Å². The van der Waals surface area contributed by atoms with E-state index in [1.807, 2.05) is 71.5 Å². The van der Waals surface area contributed by atoms with Crippen molar-refractivity contribution in [1.29, 1.82) is 0 Å². The molecule has 0 amide bonds. The molecule has 3 heterocycles. The highest BCUT2D eigenvalue weighted by atomic mass is 32.2. The van der Waals surface area contributed by atoms with E-state index in [2.05, 4.69) is 26.7 Å². The summed E-state index contributed by atoms with van der Waals surface area (Å²) in [6.45, 7) is 0. The van der Waals surface area contributed by atoms with Gasteiger partial charge in [-0.15, -0.1) is 0 Å². The fourth-order valence-electron chi connectivity index (χ4n) is 3.38. The van der Waals surface area contributed by atoms with E-state index >= 15 is 0 Å². The lowest BCUT2D eigenvalue weighted by molar-refractivity contribution is 0.412. The average molecular weight is 414 g/mol. The molecule has 6 nitrogen and oxygen atoms in total. The van der Waals surface area contributed by atoms with E-state index in [-0.39, 0.29) is 0 Å². The van der Waals surface area contributed by atoms with Crippen LogP contribution in [0.25, 0.3) is 22.7 Å². The summed E-state index contributed by atoms with van der Waals surface area (Å²) in [7, 11) is 1.69. The zero-order valence-corrected chi connectivity index (χ0v) is 17.2. The second-order valence-electron chi connectivity index (χ2n) is 6.65. The monoisotopic (exact) mass is 413 g/mol. The zero-order chi connectivity index (χ0) is 20.3. The van der Waals surface area contributed by atoms with Crippen molar-refractivity contribution in [2.45, 2.75) is 10.9 Å². The van der Waals surface area contributed by atoms with Gasteiger partial charge in [-0.05, 0) is 18.2 Å². The Kier molecular flexibility index (Phi) is 4.94. The summed E-state index contributed by atoms with van der Waals surface area (Å²) in [5, 5.41) is 0.878. The number of hydrogen-bond donors (Lipinski definition) is 0. The number of nitrogens with zero attached hydrogens (tertiary/aromatic N) is 5.